The Bertz CT molecular complexity index is 1420. The minimum Gasteiger partial charge on any atom is -0.486 e. The van der Waals surface area contributed by atoms with Crippen molar-refractivity contribution in [3.63, 3.8) is 0 Å². The third-order valence-electron chi connectivity index (χ3n) is 5.55. The van der Waals surface area contributed by atoms with E-state index in [-0.39, 0.29) is 12.2 Å². The highest BCUT2D eigenvalue weighted by atomic mass is 79.9. The number of hydrogen-bond acceptors (Lipinski definition) is 5. The van der Waals surface area contributed by atoms with Gasteiger partial charge in [0.05, 0.1) is 26.3 Å². The second-order valence-corrected chi connectivity index (χ2v) is 9.56. The Labute approximate surface area is 224 Å². The number of urea groups is 1. The topological polar surface area (TPSA) is 99.5 Å². The van der Waals surface area contributed by atoms with Crippen molar-refractivity contribution >= 4 is 61.5 Å². The molecule has 0 spiro atoms. The fourth-order valence-electron chi connectivity index (χ4n) is 3.65. The van der Waals surface area contributed by atoms with E-state index in [0.29, 0.717) is 31.5 Å². The maximum atomic E-state index is 13.2. The Kier molecular flexibility index (Phi) is 7.67. The summed E-state index contributed by atoms with van der Waals surface area (Å²) in [6.45, 7) is 2.18. The van der Waals surface area contributed by atoms with Crippen LogP contribution in [0.2, 0.25) is 0 Å². The first-order valence-corrected chi connectivity index (χ1v) is 12.5. The first-order valence-electron chi connectivity index (χ1n) is 10.9. The van der Waals surface area contributed by atoms with Crippen LogP contribution in [0.3, 0.4) is 0 Å². The van der Waals surface area contributed by atoms with E-state index in [2.05, 4.69) is 43.2 Å². The zero-order valence-electron chi connectivity index (χ0n) is 19.0. The molecule has 36 heavy (non-hydrogen) atoms. The normalized spacial score (nSPS) is 14.6. The summed E-state index contributed by atoms with van der Waals surface area (Å²) < 4.78 is 7.07. The van der Waals surface area contributed by atoms with Gasteiger partial charge < -0.3 is 4.74 Å². The maximum absolute atomic E-state index is 13.2. The molecule has 0 unspecified atom stereocenters. The van der Waals surface area contributed by atoms with E-state index < -0.39 is 17.8 Å². The van der Waals surface area contributed by atoms with Crippen molar-refractivity contribution in [2.75, 3.05) is 4.90 Å². The van der Waals surface area contributed by atoms with Crippen molar-refractivity contribution in [1.29, 1.82) is 5.26 Å². The van der Waals surface area contributed by atoms with Gasteiger partial charge in [0, 0.05) is 5.56 Å². The number of aryl methyl sites for hydroxylation is 1. The number of nitrogens with zero attached hydrogens (tertiary/aromatic N) is 2. The van der Waals surface area contributed by atoms with Gasteiger partial charge in [-0.25, -0.2) is 9.69 Å². The number of imide groups is 2. The fraction of sp³-hybridized carbons (Fsp3) is 0.111. The molecule has 0 atom stereocenters. The van der Waals surface area contributed by atoms with Crippen LogP contribution in [0.1, 0.15) is 29.2 Å². The van der Waals surface area contributed by atoms with E-state index in [4.69, 9.17) is 4.74 Å². The number of ether oxygens (including phenoxy) is 1. The zero-order valence-corrected chi connectivity index (χ0v) is 22.2. The summed E-state index contributed by atoms with van der Waals surface area (Å²) >= 11 is 6.95. The number of carbonyl (C=O) groups is 3. The molecule has 1 saturated heterocycles. The van der Waals surface area contributed by atoms with Crippen LogP contribution in [0.5, 0.6) is 5.75 Å². The Morgan fingerprint density at radius 3 is 2.33 bits per heavy atom. The smallest absolute Gasteiger partial charge is 0.335 e. The first kappa shape index (κ1) is 25.4. The summed E-state index contributed by atoms with van der Waals surface area (Å²) in [5.74, 6) is -0.988. The molecule has 9 heteroatoms. The molecule has 0 radical (unpaired) electrons. The lowest BCUT2D eigenvalue weighted by Gasteiger charge is -2.26. The van der Waals surface area contributed by atoms with Crippen molar-refractivity contribution in [3.05, 3.63) is 97.4 Å². The van der Waals surface area contributed by atoms with Crippen molar-refractivity contribution in [3.8, 4) is 11.8 Å². The molecule has 3 aromatic carbocycles. The molecule has 1 fully saturated rings. The fourth-order valence-corrected chi connectivity index (χ4v) is 5.10. The van der Waals surface area contributed by atoms with Crippen molar-refractivity contribution in [1.82, 2.24) is 5.32 Å². The van der Waals surface area contributed by atoms with E-state index in [1.165, 1.54) is 6.08 Å². The molecule has 0 aromatic heterocycles. The van der Waals surface area contributed by atoms with Crippen LogP contribution in [0.15, 0.2) is 75.2 Å². The van der Waals surface area contributed by atoms with Crippen LogP contribution in [-0.4, -0.2) is 17.8 Å². The number of amides is 4. The molecule has 0 bridgehead atoms. The number of hydrogen-bond donors (Lipinski definition) is 1. The second-order valence-electron chi connectivity index (χ2n) is 7.85. The average molecular weight is 609 g/mol. The standard InChI is InChI=1S/C27H19Br2N3O4/c1-2-16-7-9-20(10-8-16)32-26(34)21(25(33)31-27(32)35)11-17-12-22(28)24(23(29)13-17)36-15-19-6-4-3-5-18(19)14-30/h3-13H,2,15H2,1H3,(H,31,33,35)/b21-11-. The summed E-state index contributed by atoms with van der Waals surface area (Å²) in [6, 6.07) is 18.9. The quantitative estimate of drug-likeness (QED) is 0.278. The molecular formula is C27H19Br2N3O4. The van der Waals surface area contributed by atoms with Gasteiger partial charge in [0.2, 0.25) is 0 Å². The van der Waals surface area contributed by atoms with E-state index in [1.807, 2.05) is 31.2 Å². The minimum atomic E-state index is -0.796. The van der Waals surface area contributed by atoms with Crippen molar-refractivity contribution in [2.24, 2.45) is 0 Å². The summed E-state index contributed by atoms with van der Waals surface area (Å²) in [5.41, 5.74) is 3.06. The van der Waals surface area contributed by atoms with Gasteiger partial charge >= 0.3 is 6.03 Å². The average Bonchev–Trinajstić information content (AvgIpc) is 2.86. The molecule has 1 heterocycles. The van der Waals surface area contributed by atoms with Gasteiger partial charge in [0.1, 0.15) is 17.9 Å². The summed E-state index contributed by atoms with van der Waals surface area (Å²) in [4.78, 5) is 39.1. The van der Waals surface area contributed by atoms with Gasteiger partial charge in [-0.1, -0.05) is 37.3 Å². The molecule has 1 N–H and O–H groups in total. The second kappa shape index (κ2) is 10.9. The summed E-state index contributed by atoms with van der Waals surface area (Å²) in [7, 11) is 0. The monoisotopic (exact) mass is 607 g/mol. The lowest BCUT2D eigenvalue weighted by atomic mass is 10.1. The van der Waals surface area contributed by atoms with Crippen LogP contribution in [0.25, 0.3) is 6.08 Å². The molecular weight excluding hydrogens is 590 g/mol. The largest absolute Gasteiger partial charge is 0.486 e. The van der Waals surface area contributed by atoms with Crippen LogP contribution >= 0.6 is 31.9 Å². The third kappa shape index (κ3) is 5.25. The molecule has 1 aliphatic heterocycles. The van der Waals surface area contributed by atoms with Crippen LogP contribution in [-0.2, 0) is 22.6 Å². The van der Waals surface area contributed by atoms with Gasteiger partial charge in [-0.15, -0.1) is 0 Å². The zero-order chi connectivity index (χ0) is 25.8. The van der Waals surface area contributed by atoms with Crippen molar-refractivity contribution < 1.29 is 19.1 Å². The minimum absolute atomic E-state index is 0.176. The molecule has 7 nitrogen and oxygen atoms in total. The Hall–Kier alpha value is -3.74. The molecule has 0 aliphatic carbocycles. The molecule has 0 saturated carbocycles. The van der Waals surface area contributed by atoms with Crippen LogP contribution < -0.4 is 15.0 Å². The highest BCUT2D eigenvalue weighted by Gasteiger charge is 2.36. The van der Waals surface area contributed by atoms with E-state index in [0.717, 1.165) is 22.4 Å². The van der Waals surface area contributed by atoms with E-state index >= 15 is 0 Å². The SMILES string of the molecule is CCc1ccc(N2C(=O)NC(=O)/C(=C/c3cc(Br)c(OCc4ccccc4C#N)c(Br)c3)C2=O)cc1. The lowest BCUT2D eigenvalue weighted by Crippen LogP contribution is -2.54. The number of barbiturate groups is 1. The van der Waals surface area contributed by atoms with Crippen LogP contribution in [0.4, 0.5) is 10.5 Å². The maximum Gasteiger partial charge on any atom is 0.335 e. The Morgan fingerprint density at radius 2 is 1.69 bits per heavy atom. The predicted octanol–water partition coefficient (Wildman–Crippen LogP) is 5.89. The lowest BCUT2D eigenvalue weighted by molar-refractivity contribution is -0.122. The molecule has 1 aliphatic rings. The van der Waals surface area contributed by atoms with Gasteiger partial charge in [-0.05, 0) is 85.8 Å². The number of halogens is 2. The van der Waals surface area contributed by atoms with E-state index in [1.54, 1.807) is 36.4 Å². The van der Waals surface area contributed by atoms with Crippen molar-refractivity contribution in [2.45, 2.75) is 20.0 Å². The highest BCUT2D eigenvalue weighted by Crippen LogP contribution is 2.36. The predicted molar refractivity (Wildman–Crippen MR) is 142 cm³/mol. The first-order chi connectivity index (χ1) is 17.3. The molecule has 3 aromatic rings. The van der Waals surface area contributed by atoms with E-state index in [9.17, 15) is 19.6 Å². The number of anilines is 1. The summed E-state index contributed by atoms with van der Waals surface area (Å²) in [6.07, 6.45) is 2.24. The third-order valence-corrected chi connectivity index (χ3v) is 6.72. The van der Waals surface area contributed by atoms with Gasteiger partial charge in [0.15, 0.2) is 0 Å². The molecule has 180 valence electrons. The van der Waals surface area contributed by atoms with Gasteiger partial charge in [-0.3, -0.25) is 14.9 Å². The number of rotatable bonds is 6. The van der Waals surface area contributed by atoms with Crippen LogP contribution in [0, 0.1) is 11.3 Å². The highest BCUT2D eigenvalue weighted by molar-refractivity contribution is 9.11. The number of nitrogens with one attached hydrogen (secondary N) is 1. The van der Waals surface area contributed by atoms with Gasteiger partial charge in [-0.2, -0.15) is 5.26 Å². The number of nitriles is 1. The Morgan fingerprint density at radius 1 is 1.03 bits per heavy atom. The molecule has 4 rings (SSSR count). The number of carbonyl (C=O) groups excluding carboxylic acids is 3. The summed E-state index contributed by atoms with van der Waals surface area (Å²) in [5, 5.41) is 11.5. The van der Waals surface area contributed by atoms with Gasteiger partial charge in [0.25, 0.3) is 11.8 Å². The Balaban J connectivity index is 1.60. The molecule has 4 amide bonds. The number of benzene rings is 3.